The highest BCUT2D eigenvalue weighted by Crippen LogP contribution is 2.11. The second-order valence-electron chi connectivity index (χ2n) is 5.63. The van der Waals surface area contributed by atoms with Gasteiger partial charge in [0.25, 0.3) is 0 Å². The molecule has 0 aromatic carbocycles. The predicted octanol–water partition coefficient (Wildman–Crippen LogP) is 5.37. The molecule has 0 aliphatic rings. The van der Waals surface area contributed by atoms with Crippen molar-refractivity contribution in [3.63, 3.8) is 0 Å². The Labute approximate surface area is 148 Å². The Morgan fingerprint density at radius 1 is 0.750 bits per heavy atom. The fourth-order valence-corrected chi connectivity index (χ4v) is 2.08. The summed E-state index contributed by atoms with van der Waals surface area (Å²) < 4.78 is 9.06. The van der Waals surface area contributed by atoms with Crippen molar-refractivity contribution in [2.45, 2.75) is 77.6 Å². The Bertz CT molecular complexity index is 324. The van der Waals surface area contributed by atoms with Gasteiger partial charge in [-0.05, 0) is 6.42 Å². The molecule has 0 N–H and O–H groups in total. The van der Waals surface area contributed by atoms with Gasteiger partial charge >= 0.3 is 11.9 Å². The molecule has 4 heteroatoms. The van der Waals surface area contributed by atoms with Crippen molar-refractivity contribution < 1.29 is 19.1 Å². The topological polar surface area (TPSA) is 52.6 Å². The van der Waals surface area contributed by atoms with E-state index in [1.807, 2.05) is 0 Å². The van der Waals surface area contributed by atoms with Gasteiger partial charge in [0.2, 0.25) is 0 Å². The normalized spacial score (nSPS) is 9.42. The van der Waals surface area contributed by atoms with Crippen LogP contribution in [0.4, 0.5) is 0 Å². The summed E-state index contributed by atoms with van der Waals surface area (Å²) in [6.45, 7) is 9.32. The van der Waals surface area contributed by atoms with Crippen molar-refractivity contribution >= 4 is 11.9 Å². The lowest BCUT2D eigenvalue weighted by atomic mass is 10.1. The standard InChI is InChI=1S/C16H30O2.C4H6O2/c1-3-5-6-7-8-9-10-11-12-13-14-15-18-16(17)4-2;1-3-4(5)6-2/h4H,2-3,5-15H2,1H3;3H,1H2,2H3. The molecule has 0 unspecified atom stereocenters. The molecule has 24 heavy (non-hydrogen) atoms. The van der Waals surface area contributed by atoms with Crippen molar-refractivity contribution in [1.29, 1.82) is 0 Å². The molecule has 0 aromatic heterocycles. The zero-order chi connectivity index (χ0) is 18.5. The van der Waals surface area contributed by atoms with E-state index in [1.165, 1.54) is 77.4 Å². The largest absolute Gasteiger partial charge is 0.466 e. The molecule has 0 atom stereocenters. The summed E-state index contributed by atoms with van der Waals surface area (Å²) in [7, 11) is 1.31. The summed E-state index contributed by atoms with van der Waals surface area (Å²) in [4.78, 5) is 20.6. The molecule has 0 saturated heterocycles. The highest BCUT2D eigenvalue weighted by Gasteiger charge is 1.95. The third kappa shape index (κ3) is 22.7. The molecule has 0 bridgehead atoms. The minimum absolute atomic E-state index is 0.304. The second kappa shape index (κ2) is 21.4. The molecule has 0 aliphatic heterocycles. The highest BCUT2D eigenvalue weighted by atomic mass is 16.5. The van der Waals surface area contributed by atoms with Crippen LogP contribution in [-0.4, -0.2) is 25.7 Å². The number of methoxy groups -OCH3 is 1. The summed E-state index contributed by atoms with van der Waals surface area (Å²) in [6, 6.07) is 0. The van der Waals surface area contributed by atoms with E-state index in [2.05, 4.69) is 24.8 Å². The van der Waals surface area contributed by atoms with E-state index in [-0.39, 0.29) is 5.97 Å². The average molecular weight is 341 g/mol. The SMILES string of the molecule is C=CC(=O)OC.C=CC(=O)OCCCCCCCCCCCCC. The van der Waals surface area contributed by atoms with E-state index in [0.717, 1.165) is 12.5 Å². The van der Waals surface area contributed by atoms with Gasteiger partial charge in [-0.25, -0.2) is 9.59 Å². The van der Waals surface area contributed by atoms with Crippen molar-refractivity contribution in [3.8, 4) is 0 Å². The van der Waals surface area contributed by atoms with Crippen molar-refractivity contribution in [1.82, 2.24) is 0 Å². The minimum atomic E-state index is -0.394. The maximum Gasteiger partial charge on any atom is 0.330 e. The van der Waals surface area contributed by atoms with Crippen LogP contribution in [0.2, 0.25) is 0 Å². The third-order valence-electron chi connectivity index (χ3n) is 3.53. The quantitative estimate of drug-likeness (QED) is 0.242. The van der Waals surface area contributed by atoms with Crippen molar-refractivity contribution in [3.05, 3.63) is 25.3 Å². The van der Waals surface area contributed by atoms with Gasteiger partial charge in [-0.2, -0.15) is 0 Å². The van der Waals surface area contributed by atoms with Gasteiger partial charge in [0.15, 0.2) is 0 Å². The lowest BCUT2D eigenvalue weighted by Gasteiger charge is -2.03. The molecule has 0 saturated carbocycles. The fraction of sp³-hybridized carbons (Fsp3) is 0.700. The van der Waals surface area contributed by atoms with Crippen LogP contribution in [-0.2, 0) is 19.1 Å². The van der Waals surface area contributed by atoms with Gasteiger partial charge in [0, 0.05) is 12.2 Å². The van der Waals surface area contributed by atoms with Crippen LogP contribution in [0, 0.1) is 0 Å². The smallest absolute Gasteiger partial charge is 0.330 e. The van der Waals surface area contributed by atoms with Crippen LogP contribution in [0.3, 0.4) is 0 Å². The summed E-state index contributed by atoms with van der Waals surface area (Å²) in [6.07, 6.45) is 16.7. The van der Waals surface area contributed by atoms with Crippen LogP contribution in [0.5, 0.6) is 0 Å². The van der Waals surface area contributed by atoms with E-state index in [9.17, 15) is 9.59 Å². The van der Waals surface area contributed by atoms with E-state index < -0.39 is 5.97 Å². The van der Waals surface area contributed by atoms with Gasteiger partial charge in [-0.1, -0.05) is 84.3 Å². The van der Waals surface area contributed by atoms with Crippen molar-refractivity contribution in [2.75, 3.05) is 13.7 Å². The molecular formula is C20H36O4. The molecule has 0 spiro atoms. The van der Waals surface area contributed by atoms with Crippen LogP contribution < -0.4 is 0 Å². The minimum Gasteiger partial charge on any atom is -0.466 e. The van der Waals surface area contributed by atoms with E-state index in [1.54, 1.807) is 0 Å². The van der Waals surface area contributed by atoms with Crippen LogP contribution in [0.15, 0.2) is 25.3 Å². The Balaban J connectivity index is 0. The number of carbonyl (C=O) groups is 2. The summed E-state index contributed by atoms with van der Waals surface area (Å²) >= 11 is 0. The predicted molar refractivity (Wildman–Crippen MR) is 99.8 cm³/mol. The molecule has 140 valence electrons. The first kappa shape index (κ1) is 24.7. The molecule has 0 aliphatic carbocycles. The Kier molecular flexibility index (Phi) is 22.0. The number of hydrogen-bond donors (Lipinski definition) is 0. The summed E-state index contributed by atoms with van der Waals surface area (Å²) in [5.74, 6) is -0.697. The Morgan fingerprint density at radius 2 is 1.17 bits per heavy atom. The number of hydrogen-bond acceptors (Lipinski definition) is 4. The van der Waals surface area contributed by atoms with Crippen molar-refractivity contribution in [2.24, 2.45) is 0 Å². The van der Waals surface area contributed by atoms with Gasteiger partial charge in [-0.15, -0.1) is 0 Å². The van der Waals surface area contributed by atoms with Gasteiger partial charge in [0.1, 0.15) is 0 Å². The van der Waals surface area contributed by atoms with Gasteiger partial charge in [-0.3, -0.25) is 0 Å². The molecule has 0 fully saturated rings. The lowest BCUT2D eigenvalue weighted by Crippen LogP contribution is -2.01. The molecule has 0 heterocycles. The third-order valence-corrected chi connectivity index (χ3v) is 3.53. The summed E-state index contributed by atoms with van der Waals surface area (Å²) in [5.41, 5.74) is 0. The van der Waals surface area contributed by atoms with E-state index in [4.69, 9.17) is 4.74 Å². The molecule has 4 nitrogen and oxygen atoms in total. The number of ether oxygens (including phenoxy) is 2. The monoisotopic (exact) mass is 340 g/mol. The molecular weight excluding hydrogens is 304 g/mol. The number of esters is 2. The molecule has 0 rings (SSSR count). The molecule has 0 amide bonds. The van der Waals surface area contributed by atoms with Crippen LogP contribution in [0.25, 0.3) is 0 Å². The Morgan fingerprint density at radius 3 is 1.50 bits per heavy atom. The second-order valence-corrected chi connectivity index (χ2v) is 5.63. The lowest BCUT2D eigenvalue weighted by molar-refractivity contribution is -0.138. The first-order chi connectivity index (χ1) is 11.6. The summed E-state index contributed by atoms with van der Waals surface area (Å²) in [5, 5.41) is 0. The Hall–Kier alpha value is -1.58. The molecule has 0 radical (unpaired) electrons. The fourth-order valence-electron chi connectivity index (χ4n) is 2.08. The first-order valence-corrected chi connectivity index (χ1v) is 9.11. The van der Waals surface area contributed by atoms with Gasteiger partial charge in [0.05, 0.1) is 13.7 Å². The number of unbranched alkanes of at least 4 members (excludes halogenated alkanes) is 10. The molecule has 0 aromatic rings. The zero-order valence-electron chi connectivity index (χ0n) is 15.7. The highest BCUT2D eigenvalue weighted by molar-refractivity contribution is 5.81. The van der Waals surface area contributed by atoms with E-state index in [0.29, 0.717) is 6.61 Å². The van der Waals surface area contributed by atoms with Gasteiger partial charge < -0.3 is 9.47 Å². The van der Waals surface area contributed by atoms with E-state index >= 15 is 0 Å². The number of rotatable bonds is 14. The van der Waals surface area contributed by atoms with Crippen LogP contribution in [0.1, 0.15) is 77.6 Å². The maximum atomic E-state index is 10.8. The zero-order valence-corrected chi connectivity index (χ0v) is 15.7. The number of carbonyl (C=O) groups excluding carboxylic acids is 2. The average Bonchev–Trinajstić information content (AvgIpc) is 2.62. The maximum absolute atomic E-state index is 10.8. The van der Waals surface area contributed by atoms with Crippen LogP contribution >= 0.6 is 0 Å². The first-order valence-electron chi connectivity index (χ1n) is 9.11.